The second-order valence-corrected chi connectivity index (χ2v) is 3.78. The summed E-state index contributed by atoms with van der Waals surface area (Å²) in [5, 5.41) is 20.8. The minimum absolute atomic E-state index is 0.00648. The molecule has 6 heteroatoms. The zero-order valence-corrected chi connectivity index (χ0v) is 8.74. The number of hydrogen-bond donors (Lipinski definition) is 3. The fourth-order valence-corrected chi connectivity index (χ4v) is 1.75. The van der Waals surface area contributed by atoms with E-state index in [1.807, 2.05) is 11.0 Å². The Hall–Kier alpha value is -1.82. The summed E-state index contributed by atoms with van der Waals surface area (Å²) in [4.78, 5) is 6.13. The van der Waals surface area contributed by atoms with Gasteiger partial charge in [0.25, 0.3) is 0 Å². The topological polar surface area (TPSA) is 95.0 Å². The molecule has 2 rings (SSSR count). The number of anilines is 1. The Morgan fingerprint density at radius 2 is 2.38 bits per heavy atom. The van der Waals surface area contributed by atoms with Crippen LogP contribution in [0.4, 0.5) is 5.69 Å². The maximum absolute atomic E-state index is 9.41. The molecule has 1 aliphatic heterocycles. The first-order valence-corrected chi connectivity index (χ1v) is 5.07. The van der Waals surface area contributed by atoms with Crippen LogP contribution in [-0.4, -0.2) is 40.3 Å². The van der Waals surface area contributed by atoms with E-state index in [9.17, 15) is 5.11 Å². The van der Waals surface area contributed by atoms with Gasteiger partial charge in [-0.3, -0.25) is 4.98 Å². The van der Waals surface area contributed by atoms with Crippen LogP contribution in [0.25, 0.3) is 0 Å². The fraction of sp³-hybridized carbons (Fsp3) is 0.400. The van der Waals surface area contributed by atoms with E-state index in [-0.39, 0.29) is 11.9 Å². The number of hydrogen-bond acceptors (Lipinski definition) is 5. The molecule has 1 aliphatic rings. The average molecular weight is 222 g/mol. The number of nitrogens with zero attached hydrogens (tertiary/aromatic N) is 3. The summed E-state index contributed by atoms with van der Waals surface area (Å²) >= 11 is 0. The van der Waals surface area contributed by atoms with E-state index < -0.39 is 0 Å². The van der Waals surface area contributed by atoms with Crippen molar-refractivity contribution in [2.24, 2.45) is 10.9 Å². The van der Waals surface area contributed by atoms with E-state index in [1.165, 1.54) is 0 Å². The van der Waals surface area contributed by atoms with Crippen molar-refractivity contribution in [2.75, 3.05) is 18.0 Å². The molecule has 1 fully saturated rings. The number of oxime groups is 1. The Kier molecular flexibility index (Phi) is 2.91. The minimum Gasteiger partial charge on any atom is -0.409 e. The smallest absolute Gasteiger partial charge is 0.188 e. The number of pyridine rings is 1. The van der Waals surface area contributed by atoms with Crippen LogP contribution >= 0.6 is 0 Å². The fourth-order valence-electron chi connectivity index (χ4n) is 1.75. The third kappa shape index (κ3) is 2.06. The minimum atomic E-state index is -0.260. The molecule has 1 aromatic rings. The van der Waals surface area contributed by atoms with Gasteiger partial charge in [0.1, 0.15) is 5.69 Å². The molecule has 0 amide bonds. The molecule has 16 heavy (non-hydrogen) atoms. The molecule has 0 saturated carbocycles. The zero-order valence-electron chi connectivity index (χ0n) is 8.74. The molecular weight excluding hydrogens is 208 g/mol. The number of β-amino-alcohol motifs (C(OH)–C–C–N with tert-alkyl or cyclic N) is 1. The first kappa shape index (κ1) is 10.7. The van der Waals surface area contributed by atoms with Crippen LogP contribution in [0, 0.1) is 0 Å². The van der Waals surface area contributed by atoms with E-state index in [0.29, 0.717) is 12.2 Å². The summed E-state index contributed by atoms with van der Waals surface area (Å²) in [7, 11) is 0. The molecule has 1 saturated heterocycles. The highest BCUT2D eigenvalue weighted by Gasteiger charge is 2.20. The number of amidine groups is 1. The molecule has 0 radical (unpaired) electrons. The van der Waals surface area contributed by atoms with E-state index in [4.69, 9.17) is 10.9 Å². The number of aromatic nitrogens is 1. The highest BCUT2D eigenvalue weighted by Crippen LogP contribution is 2.19. The van der Waals surface area contributed by atoms with Crippen molar-refractivity contribution in [3.8, 4) is 0 Å². The van der Waals surface area contributed by atoms with Crippen molar-refractivity contribution >= 4 is 11.5 Å². The monoisotopic (exact) mass is 222 g/mol. The molecule has 4 N–H and O–H groups in total. The van der Waals surface area contributed by atoms with Gasteiger partial charge in [-0.25, -0.2) is 0 Å². The van der Waals surface area contributed by atoms with Crippen molar-refractivity contribution in [1.82, 2.24) is 4.98 Å². The molecule has 86 valence electrons. The Balaban J connectivity index is 2.13. The molecular formula is C10H14N4O2. The van der Waals surface area contributed by atoms with Crippen molar-refractivity contribution < 1.29 is 10.3 Å². The summed E-state index contributed by atoms with van der Waals surface area (Å²) < 4.78 is 0. The van der Waals surface area contributed by atoms with E-state index in [0.717, 1.165) is 18.7 Å². The summed E-state index contributed by atoms with van der Waals surface area (Å²) in [6.45, 7) is 1.45. The van der Waals surface area contributed by atoms with Gasteiger partial charge in [0.2, 0.25) is 0 Å². The lowest BCUT2D eigenvalue weighted by atomic mass is 10.3. The van der Waals surface area contributed by atoms with Crippen molar-refractivity contribution in [3.63, 3.8) is 0 Å². The number of aliphatic hydroxyl groups is 1. The van der Waals surface area contributed by atoms with Gasteiger partial charge in [-0.2, -0.15) is 0 Å². The molecule has 6 nitrogen and oxygen atoms in total. The molecule has 1 aromatic heterocycles. The maximum Gasteiger partial charge on any atom is 0.188 e. The zero-order chi connectivity index (χ0) is 11.5. The van der Waals surface area contributed by atoms with Crippen molar-refractivity contribution in [3.05, 3.63) is 24.0 Å². The number of rotatable bonds is 2. The SMILES string of the molecule is N/C(=N/O)c1ccc(N2CCC(O)C2)cn1. The Morgan fingerprint density at radius 1 is 1.56 bits per heavy atom. The summed E-state index contributed by atoms with van der Waals surface area (Å²) in [6.07, 6.45) is 2.18. The van der Waals surface area contributed by atoms with Gasteiger partial charge < -0.3 is 20.9 Å². The lowest BCUT2D eigenvalue weighted by molar-refractivity contribution is 0.198. The predicted molar refractivity (Wildman–Crippen MR) is 59.6 cm³/mol. The van der Waals surface area contributed by atoms with Gasteiger partial charge in [-0.15, -0.1) is 0 Å². The largest absolute Gasteiger partial charge is 0.409 e. The molecule has 1 unspecified atom stereocenters. The predicted octanol–water partition coefficient (Wildman–Crippen LogP) is -0.253. The quantitative estimate of drug-likeness (QED) is 0.277. The highest BCUT2D eigenvalue weighted by molar-refractivity contribution is 5.95. The van der Waals surface area contributed by atoms with Gasteiger partial charge in [-0.1, -0.05) is 5.16 Å². The van der Waals surface area contributed by atoms with Crippen LogP contribution in [0.15, 0.2) is 23.5 Å². The van der Waals surface area contributed by atoms with Crippen LogP contribution < -0.4 is 10.6 Å². The highest BCUT2D eigenvalue weighted by atomic mass is 16.4. The van der Waals surface area contributed by atoms with Crippen LogP contribution in [0.5, 0.6) is 0 Å². The molecule has 0 spiro atoms. The van der Waals surface area contributed by atoms with Gasteiger partial charge in [0.05, 0.1) is 18.0 Å². The lowest BCUT2D eigenvalue weighted by Crippen LogP contribution is -2.22. The van der Waals surface area contributed by atoms with Gasteiger partial charge >= 0.3 is 0 Å². The van der Waals surface area contributed by atoms with Crippen molar-refractivity contribution in [2.45, 2.75) is 12.5 Å². The van der Waals surface area contributed by atoms with Crippen LogP contribution in [-0.2, 0) is 0 Å². The van der Waals surface area contributed by atoms with Crippen LogP contribution in [0.3, 0.4) is 0 Å². The summed E-state index contributed by atoms with van der Waals surface area (Å²) in [6, 6.07) is 3.54. The second kappa shape index (κ2) is 4.36. The Morgan fingerprint density at radius 3 is 2.88 bits per heavy atom. The standard InChI is InChI=1S/C10H14N4O2/c11-10(13-16)9-2-1-7(5-12-9)14-4-3-8(15)6-14/h1-2,5,8,15-16H,3-4,6H2,(H2,11,13). The molecule has 0 aliphatic carbocycles. The third-order valence-electron chi connectivity index (χ3n) is 2.65. The van der Waals surface area contributed by atoms with E-state index in [1.54, 1.807) is 12.3 Å². The lowest BCUT2D eigenvalue weighted by Gasteiger charge is -2.17. The second-order valence-electron chi connectivity index (χ2n) is 3.78. The third-order valence-corrected chi connectivity index (χ3v) is 2.65. The normalized spacial score (nSPS) is 21.4. The van der Waals surface area contributed by atoms with Gasteiger partial charge in [-0.05, 0) is 18.6 Å². The Labute approximate surface area is 93.0 Å². The molecule has 0 aromatic carbocycles. The molecule has 0 bridgehead atoms. The van der Waals surface area contributed by atoms with Crippen LogP contribution in [0.1, 0.15) is 12.1 Å². The van der Waals surface area contributed by atoms with E-state index in [2.05, 4.69) is 10.1 Å². The number of aliphatic hydroxyl groups excluding tert-OH is 1. The van der Waals surface area contributed by atoms with Gasteiger partial charge in [0, 0.05) is 13.1 Å². The molecule has 1 atom stereocenters. The van der Waals surface area contributed by atoms with Gasteiger partial charge in [0.15, 0.2) is 5.84 Å². The molecule has 2 heterocycles. The Bertz CT molecular complexity index is 390. The average Bonchev–Trinajstić information content (AvgIpc) is 2.75. The summed E-state index contributed by atoms with van der Waals surface area (Å²) in [5.74, 6) is -0.00648. The van der Waals surface area contributed by atoms with Crippen molar-refractivity contribution in [1.29, 1.82) is 0 Å². The van der Waals surface area contributed by atoms with Crippen LogP contribution in [0.2, 0.25) is 0 Å². The summed E-state index contributed by atoms with van der Waals surface area (Å²) in [5.41, 5.74) is 6.78. The first-order valence-electron chi connectivity index (χ1n) is 5.07. The number of nitrogens with two attached hydrogens (primary N) is 1. The van der Waals surface area contributed by atoms with E-state index >= 15 is 0 Å². The maximum atomic E-state index is 9.41. The first-order chi connectivity index (χ1) is 7.70.